The van der Waals surface area contributed by atoms with Gasteiger partial charge in [-0.15, -0.1) is 11.8 Å². The number of carboxylic acids is 1. The first kappa shape index (κ1) is 13.5. The van der Waals surface area contributed by atoms with E-state index in [1.807, 2.05) is 6.92 Å². The number of nitrogens with one attached hydrogen (secondary N) is 1. The Labute approximate surface area is 111 Å². The number of rotatable bonds is 3. The highest BCUT2D eigenvalue weighted by Gasteiger charge is 2.40. The van der Waals surface area contributed by atoms with Gasteiger partial charge in [0.2, 0.25) is 0 Å². The number of urea groups is 1. The van der Waals surface area contributed by atoms with Crippen LogP contribution in [0, 0.1) is 5.41 Å². The summed E-state index contributed by atoms with van der Waals surface area (Å²) in [7, 11) is 0. The zero-order valence-electron chi connectivity index (χ0n) is 10.8. The van der Waals surface area contributed by atoms with Crippen molar-refractivity contribution in [2.24, 2.45) is 5.41 Å². The SMILES string of the molecule is CC1SCC(C(=O)O)N1C(=O)NCC1(C)CCC1. The highest BCUT2D eigenvalue weighted by Crippen LogP contribution is 2.39. The number of nitrogens with zero attached hydrogens (tertiary/aromatic N) is 1. The summed E-state index contributed by atoms with van der Waals surface area (Å²) >= 11 is 1.51. The smallest absolute Gasteiger partial charge is 0.327 e. The van der Waals surface area contributed by atoms with Crippen molar-refractivity contribution in [1.29, 1.82) is 0 Å². The van der Waals surface area contributed by atoms with Gasteiger partial charge in [0.25, 0.3) is 0 Å². The summed E-state index contributed by atoms with van der Waals surface area (Å²) in [6.45, 7) is 4.68. The number of aliphatic carboxylic acids is 1. The molecule has 0 radical (unpaired) electrons. The summed E-state index contributed by atoms with van der Waals surface area (Å²) in [5.74, 6) is -0.446. The number of hydrogen-bond acceptors (Lipinski definition) is 3. The topological polar surface area (TPSA) is 69.6 Å². The van der Waals surface area contributed by atoms with Gasteiger partial charge in [-0.1, -0.05) is 13.3 Å². The number of carbonyl (C=O) groups is 2. The van der Waals surface area contributed by atoms with E-state index in [9.17, 15) is 9.59 Å². The second-order valence-electron chi connectivity index (χ2n) is 5.52. The maximum absolute atomic E-state index is 12.1. The minimum atomic E-state index is -0.920. The molecule has 2 unspecified atom stereocenters. The third-order valence-electron chi connectivity index (χ3n) is 3.97. The molecule has 1 saturated carbocycles. The van der Waals surface area contributed by atoms with Gasteiger partial charge in [-0.3, -0.25) is 4.90 Å². The summed E-state index contributed by atoms with van der Waals surface area (Å²) in [5.41, 5.74) is 0.213. The number of hydrogen-bond donors (Lipinski definition) is 2. The van der Waals surface area contributed by atoms with E-state index < -0.39 is 12.0 Å². The van der Waals surface area contributed by atoms with Crippen LogP contribution in [-0.2, 0) is 4.79 Å². The minimum Gasteiger partial charge on any atom is -0.480 e. The molecule has 1 aliphatic heterocycles. The molecule has 2 amide bonds. The second kappa shape index (κ2) is 4.99. The summed E-state index contributed by atoms with van der Waals surface area (Å²) in [5, 5.41) is 11.9. The molecule has 0 aromatic carbocycles. The molecule has 2 N–H and O–H groups in total. The van der Waals surface area contributed by atoms with Crippen molar-refractivity contribution in [2.75, 3.05) is 12.3 Å². The van der Waals surface area contributed by atoms with Crippen LogP contribution in [0.2, 0.25) is 0 Å². The lowest BCUT2D eigenvalue weighted by Crippen LogP contribution is -2.52. The molecule has 2 atom stereocenters. The molecule has 1 heterocycles. The van der Waals surface area contributed by atoms with Gasteiger partial charge in [0.05, 0.1) is 5.37 Å². The van der Waals surface area contributed by atoms with Crippen LogP contribution >= 0.6 is 11.8 Å². The maximum atomic E-state index is 12.1. The van der Waals surface area contributed by atoms with E-state index in [0.717, 1.165) is 12.8 Å². The van der Waals surface area contributed by atoms with Crippen LogP contribution in [0.4, 0.5) is 4.79 Å². The number of carboxylic acid groups (broad SMARTS) is 1. The summed E-state index contributed by atoms with van der Waals surface area (Å²) < 4.78 is 0. The van der Waals surface area contributed by atoms with E-state index in [4.69, 9.17) is 5.11 Å². The van der Waals surface area contributed by atoms with Crippen molar-refractivity contribution in [1.82, 2.24) is 10.2 Å². The molecule has 2 fully saturated rings. The lowest BCUT2D eigenvalue weighted by molar-refractivity contribution is -0.141. The van der Waals surface area contributed by atoms with Crippen LogP contribution in [0.15, 0.2) is 0 Å². The first-order valence-corrected chi connectivity index (χ1v) is 7.38. The third kappa shape index (κ3) is 2.58. The van der Waals surface area contributed by atoms with Gasteiger partial charge >= 0.3 is 12.0 Å². The predicted molar refractivity (Wildman–Crippen MR) is 70.5 cm³/mol. The van der Waals surface area contributed by atoms with E-state index in [1.54, 1.807) is 0 Å². The van der Waals surface area contributed by atoms with Crippen LogP contribution in [0.1, 0.15) is 33.1 Å². The fourth-order valence-electron chi connectivity index (χ4n) is 2.48. The number of thioether (sulfide) groups is 1. The Balaban J connectivity index is 1.92. The largest absolute Gasteiger partial charge is 0.480 e. The van der Waals surface area contributed by atoms with E-state index >= 15 is 0 Å². The monoisotopic (exact) mass is 272 g/mol. The van der Waals surface area contributed by atoms with Gasteiger partial charge in [0.1, 0.15) is 6.04 Å². The predicted octanol–water partition coefficient (Wildman–Crippen LogP) is 1.73. The van der Waals surface area contributed by atoms with Crippen molar-refractivity contribution < 1.29 is 14.7 Å². The minimum absolute atomic E-state index is 0.0692. The van der Waals surface area contributed by atoms with Gasteiger partial charge < -0.3 is 10.4 Å². The van der Waals surface area contributed by atoms with E-state index in [1.165, 1.54) is 23.1 Å². The fraction of sp³-hybridized carbons (Fsp3) is 0.833. The summed E-state index contributed by atoms with van der Waals surface area (Å²) in [4.78, 5) is 24.6. The van der Waals surface area contributed by atoms with Crippen LogP contribution in [0.25, 0.3) is 0 Å². The summed E-state index contributed by atoms with van der Waals surface area (Å²) in [6.07, 6.45) is 3.50. The number of carbonyl (C=O) groups excluding carboxylic acids is 1. The Morgan fingerprint density at radius 3 is 2.67 bits per heavy atom. The first-order valence-electron chi connectivity index (χ1n) is 6.33. The van der Waals surface area contributed by atoms with Crippen molar-refractivity contribution in [3.63, 3.8) is 0 Å². The molecule has 2 aliphatic rings. The van der Waals surface area contributed by atoms with Crippen molar-refractivity contribution in [3.8, 4) is 0 Å². The Morgan fingerprint density at radius 2 is 2.17 bits per heavy atom. The molecule has 2 rings (SSSR count). The van der Waals surface area contributed by atoms with Crippen molar-refractivity contribution >= 4 is 23.8 Å². The van der Waals surface area contributed by atoms with E-state index in [2.05, 4.69) is 12.2 Å². The zero-order chi connectivity index (χ0) is 13.3. The highest BCUT2D eigenvalue weighted by atomic mass is 32.2. The maximum Gasteiger partial charge on any atom is 0.327 e. The second-order valence-corrected chi connectivity index (χ2v) is 6.87. The van der Waals surface area contributed by atoms with Crippen LogP contribution in [0.3, 0.4) is 0 Å². The molecule has 0 bridgehead atoms. The Hall–Kier alpha value is -0.910. The molecular weight excluding hydrogens is 252 g/mol. The molecule has 1 saturated heterocycles. The standard InChI is InChI=1S/C12H20N2O3S/c1-8-14(9(6-18-8)10(15)16)11(17)13-7-12(2)4-3-5-12/h8-9H,3-7H2,1-2H3,(H,13,17)(H,15,16). The normalized spacial score (nSPS) is 29.8. The number of amides is 2. The van der Waals surface area contributed by atoms with Gasteiger partial charge in [-0.2, -0.15) is 0 Å². The van der Waals surface area contributed by atoms with Gasteiger partial charge in [0.15, 0.2) is 0 Å². The average molecular weight is 272 g/mol. The highest BCUT2D eigenvalue weighted by molar-refractivity contribution is 8.00. The molecule has 5 nitrogen and oxygen atoms in total. The molecule has 102 valence electrons. The Kier molecular flexibility index (Phi) is 3.75. The molecule has 18 heavy (non-hydrogen) atoms. The molecule has 1 aliphatic carbocycles. The average Bonchev–Trinajstić information content (AvgIpc) is 2.65. The third-order valence-corrected chi connectivity index (χ3v) is 5.19. The lowest BCUT2D eigenvalue weighted by atomic mass is 9.70. The van der Waals surface area contributed by atoms with Crippen LogP contribution in [-0.4, -0.2) is 45.7 Å². The van der Waals surface area contributed by atoms with E-state index in [0.29, 0.717) is 12.3 Å². The summed E-state index contributed by atoms with van der Waals surface area (Å²) in [6, 6.07) is -0.938. The molecular formula is C12H20N2O3S. The van der Waals surface area contributed by atoms with Crippen molar-refractivity contribution in [2.45, 2.75) is 44.5 Å². The molecule has 0 aromatic heterocycles. The Morgan fingerprint density at radius 1 is 1.50 bits per heavy atom. The van der Waals surface area contributed by atoms with Gasteiger partial charge in [0, 0.05) is 12.3 Å². The molecule has 6 heteroatoms. The lowest BCUT2D eigenvalue weighted by Gasteiger charge is -2.39. The van der Waals surface area contributed by atoms with Crippen LogP contribution < -0.4 is 5.32 Å². The zero-order valence-corrected chi connectivity index (χ0v) is 11.6. The van der Waals surface area contributed by atoms with E-state index in [-0.39, 0.29) is 16.8 Å². The van der Waals surface area contributed by atoms with Crippen LogP contribution in [0.5, 0.6) is 0 Å². The fourth-order valence-corrected chi connectivity index (χ4v) is 3.65. The molecule has 0 spiro atoms. The Bertz CT molecular complexity index is 357. The van der Waals surface area contributed by atoms with Crippen molar-refractivity contribution in [3.05, 3.63) is 0 Å². The quantitative estimate of drug-likeness (QED) is 0.821. The first-order chi connectivity index (χ1) is 8.43. The van der Waals surface area contributed by atoms with Gasteiger partial charge in [-0.25, -0.2) is 9.59 Å². The van der Waals surface area contributed by atoms with Gasteiger partial charge in [-0.05, 0) is 25.2 Å². The molecule has 0 aromatic rings.